The normalized spacial score (nSPS) is 21.5. The molecule has 6 nitrogen and oxygen atoms in total. The molecule has 1 aromatic heterocycles. The molecular formula is C20H23ClFN3O3. The summed E-state index contributed by atoms with van der Waals surface area (Å²) in [5, 5.41) is 9.62. The summed E-state index contributed by atoms with van der Waals surface area (Å²) < 4.78 is 17.2. The minimum atomic E-state index is -1.33. The molecule has 1 atom stereocenters. The van der Waals surface area contributed by atoms with Crippen molar-refractivity contribution in [3.63, 3.8) is 0 Å². The van der Waals surface area contributed by atoms with Crippen LogP contribution in [-0.2, 0) is 0 Å². The molecule has 1 aliphatic carbocycles. The molecule has 0 spiro atoms. The molecule has 0 unspecified atom stereocenters. The van der Waals surface area contributed by atoms with E-state index in [2.05, 4.69) is 0 Å². The Balaban J connectivity index is 2.06. The van der Waals surface area contributed by atoms with Gasteiger partial charge in [0.1, 0.15) is 5.56 Å². The van der Waals surface area contributed by atoms with Crippen molar-refractivity contribution in [1.29, 1.82) is 0 Å². The fraction of sp³-hybridized carbons (Fsp3) is 0.500. The summed E-state index contributed by atoms with van der Waals surface area (Å²) >= 11 is 6.69. The molecule has 1 saturated heterocycles. The number of nitrogens with zero attached hydrogens (tertiary/aromatic N) is 2. The van der Waals surface area contributed by atoms with E-state index < -0.39 is 17.2 Å². The highest BCUT2D eigenvalue weighted by atomic mass is 35.5. The highest BCUT2D eigenvalue weighted by molar-refractivity contribution is 6.38. The number of rotatable bonds is 3. The van der Waals surface area contributed by atoms with Gasteiger partial charge in [-0.25, -0.2) is 9.18 Å². The van der Waals surface area contributed by atoms with Gasteiger partial charge in [-0.3, -0.25) is 4.79 Å². The van der Waals surface area contributed by atoms with Gasteiger partial charge in [0, 0.05) is 36.9 Å². The number of anilines is 1. The molecule has 28 heavy (non-hydrogen) atoms. The minimum absolute atomic E-state index is 0.0424. The van der Waals surface area contributed by atoms with Crippen molar-refractivity contribution in [3.8, 4) is 0 Å². The number of carboxylic acids is 1. The van der Waals surface area contributed by atoms with Crippen LogP contribution in [0.4, 0.5) is 10.1 Å². The number of aromatic nitrogens is 1. The number of fused-ring (bicyclic) bond motifs is 1. The molecule has 1 aromatic carbocycles. The first kappa shape index (κ1) is 19.2. The molecule has 3 N–H and O–H groups in total. The van der Waals surface area contributed by atoms with E-state index in [4.69, 9.17) is 17.3 Å². The number of carboxylic acid groups (broad SMARTS) is 1. The molecule has 8 heteroatoms. The number of nitrogens with two attached hydrogens (primary N) is 1. The predicted octanol–water partition coefficient (Wildman–Crippen LogP) is 3.31. The molecule has 1 aliphatic heterocycles. The Morgan fingerprint density at radius 3 is 2.54 bits per heavy atom. The largest absolute Gasteiger partial charge is 0.477 e. The predicted molar refractivity (Wildman–Crippen MR) is 107 cm³/mol. The maximum Gasteiger partial charge on any atom is 0.341 e. The molecule has 2 aliphatic rings. The number of aryl methyl sites for hydroxylation is 1. The number of halogens is 2. The van der Waals surface area contributed by atoms with Gasteiger partial charge in [-0.05, 0) is 25.2 Å². The first-order chi connectivity index (χ1) is 13.0. The summed E-state index contributed by atoms with van der Waals surface area (Å²) in [6.45, 7) is 6.54. The summed E-state index contributed by atoms with van der Waals surface area (Å²) in [5.41, 5.74) is 5.72. The number of pyridine rings is 1. The molecule has 4 rings (SSSR count). The third-order valence-corrected chi connectivity index (χ3v) is 6.43. The van der Waals surface area contributed by atoms with Crippen LogP contribution in [0.1, 0.15) is 48.7 Å². The Labute approximate surface area is 166 Å². The molecule has 1 saturated carbocycles. The van der Waals surface area contributed by atoms with Gasteiger partial charge in [-0.1, -0.05) is 25.4 Å². The van der Waals surface area contributed by atoms with Crippen molar-refractivity contribution in [2.75, 3.05) is 18.0 Å². The van der Waals surface area contributed by atoms with Crippen LogP contribution in [-0.4, -0.2) is 34.8 Å². The average molecular weight is 408 g/mol. The molecular weight excluding hydrogens is 385 g/mol. The van der Waals surface area contributed by atoms with Gasteiger partial charge in [-0.15, -0.1) is 0 Å². The maximum absolute atomic E-state index is 15.4. The number of carbonyl (C=O) groups is 1. The minimum Gasteiger partial charge on any atom is -0.477 e. The van der Waals surface area contributed by atoms with Crippen LogP contribution >= 0.6 is 11.6 Å². The molecule has 2 aromatic rings. The lowest BCUT2D eigenvalue weighted by Gasteiger charge is -2.26. The molecule has 2 heterocycles. The topological polar surface area (TPSA) is 88.6 Å². The number of benzene rings is 1. The van der Waals surface area contributed by atoms with E-state index in [9.17, 15) is 14.7 Å². The Bertz CT molecular complexity index is 1080. The smallest absolute Gasteiger partial charge is 0.341 e. The van der Waals surface area contributed by atoms with Crippen molar-refractivity contribution < 1.29 is 14.3 Å². The van der Waals surface area contributed by atoms with Crippen molar-refractivity contribution in [2.45, 2.75) is 45.7 Å². The summed E-state index contributed by atoms with van der Waals surface area (Å²) in [6.07, 6.45) is 3.07. The number of hydrogen-bond donors (Lipinski definition) is 2. The van der Waals surface area contributed by atoms with Crippen LogP contribution in [0.25, 0.3) is 10.9 Å². The van der Waals surface area contributed by atoms with Gasteiger partial charge in [0.15, 0.2) is 5.82 Å². The number of aromatic carboxylic acids is 1. The highest BCUT2D eigenvalue weighted by Gasteiger charge is 2.40. The van der Waals surface area contributed by atoms with Crippen LogP contribution in [0.3, 0.4) is 0 Å². The fourth-order valence-electron chi connectivity index (χ4n) is 4.10. The Hall–Kier alpha value is -2.12. The Morgan fingerprint density at radius 2 is 2.04 bits per heavy atom. The monoisotopic (exact) mass is 407 g/mol. The quantitative estimate of drug-likeness (QED) is 0.814. The van der Waals surface area contributed by atoms with E-state index >= 15 is 4.39 Å². The van der Waals surface area contributed by atoms with E-state index in [0.29, 0.717) is 18.6 Å². The van der Waals surface area contributed by atoms with Gasteiger partial charge in [0.25, 0.3) is 0 Å². The Morgan fingerprint density at radius 1 is 1.39 bits per heavy atom. The summed E-state index contributed by atoms with van der Waals surface area (Å²) in [4.78, 5) is 26.2. The standard InChI is InChI=1S/C20H23ClFN3O3/c1-9-13-16(25(10-4-5-10)6-11(18(13)26)19(27)28)14(21)17(15(9)22)24-7-12(23)20(2,3)8-24/h6,10,12H,4-5,7-8,23H2,1-3H3,(H,27,28)/t12-/m1/s1. The lowest BCUT2D eigenvalue weighted by Crippen LogP contribution is -2.35. The highest BCUT2D eigenvalue weighted by Crippen LogP contribution is 2.45. The summed E-state index contributed by atoms with van der Waals surface area (Å²) in [5.74, 6) is -1.92. The van der Waals surface area contributed by atoms with Crippen LogP contribution in [0, 0.1) is 18.2 Å². The molecule has 150 valence electrons. The van der Waals surface area contributed by atoms with E-state index in [0.717, 1.165) is 12.8 Å². The van der Waals surface area contributed by atoms with Gasteiger partial charge in [0.05, 0.1) is 21.6 Å². The van der Waals surface area contributed by atoms with Crippen molar-refractivity contribution in [2.24, 2.45) is 11.1 Å². The van der Waals surface area contributed by atoms with E-state index in [1.165, 1.54) is 13.1 Å². The number of hydrogen-bond acceptors (Lipinski definition) is 4. The first-order valence-corrected chi connectivity index (χ1v) is 9.72. The molecule has 0 bridgehead atoms. The summed E-state index contributed by atoms with van der Waals surface area (Å²) in [6, 6.07) is -0.0762. The molecule has 0 amide bonds. The van der Waals surface area contributed by atoms with Crippen LogP contribution in [0.5, 0.6) is 0 Å². The lowest BCUT2D eigenvalue weighted by atomic mass is 9.89. The van der Waals surface area contributed by atoms with Crippen molar-refractivity contribution in [3.05, 3.63) is 38.4 Å². The fourth-order valence-corrected chi connectivity index (χ4v) is 4.49. The maximum atomic E-state index is 15.4. The third kappa shape index (κ3) is 2.71. The zero-order chi connectivity index (χ0) is 20.5. The second-order valence-electron chi connectivity index (χ2n) is 8.62. The van der Waals surface area contributed by atoms with E-state index in [1.54, 1.807) is 4.57 Å². The lowest BCUT2D eigenvalue weighted by molar-refractivity contribution is 0.0695. The van der Waals surface area contributed by atoms with E-state index in [1.807, 2.05) is 18.7 Å². The zero-order valence-electron chi connectivity index (χ0n) is 16.1. The Kier molecular flexibility index (Phi) is 4.25. The second kappa shape index (κ2) is 6.19. The first-order valence-electron chi connectivity index (χ1n) is 9.34. The third-order valence-electron chi connectivity index (χ3n) is 6.07. The van der Waals surface area contributed by atoms with E-state index in [-0.39, 0.29) is 44.7 Å². The second-order valence-corrected chi connectivity index (χ2v) is 8.99. The van der Waals surface area contributed by atoms with Gasteiger partial charge < -0.3 is 20.3 Å². The van der Waals surface area contributed by atoms with Crippen molar-refractivity contribution in [1.82, 2.24) is 4.57 Å². The SMILES string of the molecule is Cc1c(F)c(N2C[C@@H](N)C(C)(C)C2)c(Cl)c2c1c(=O)c(C(=O)O)cn2C1CC1. The van der Waals surface area contributed by atoms with Gasteiger partial charge in [-0.2, -0.15) is 0 Å². The van der Waals surface area contributed by atoms with Gasteiger partial charge >= 0.3 is 5.97 Å². The van der Waals surface area contributed by atoms with Crippen LogP contribution in [0.2, 0.25) is 5.02 Å². The van der Waals surface area contributed by atoms with Crippen LogP contribution in [0.15, 0.2) is 11.0 Å². The molecule has 0 radical (unpaired) electrons. The van der Waals surface area contributed by atoms with Gasteiger partial charge in [0.2, 0.25) is 5.43 Å². The zero-order valence-corrected chi connectivity index (χ0v) is 16.8. The summed E-state index contributed by atoms with van der Waals surface area (Å²) in [7, 11) is 0. The molecule has 2 fully saturated rings. The van der Waals surface area contributed by atoms with Crippen LogP contribution < -0.4 is 16.1 Å². The van der Waals surface area contributed by atoms with Crippen molar-refractivity contribution >= 4 is 34.2 Å². The average Bonchev–Trinajstić information content (AvgIpc) is 3.39.